The van der Waals surface area contributed by atoms with Crippen LogP contribution in [0.1, 0.15) is 70.4 Å². The molecule has 4 aliphatic carbocycles. The highest BCUT2D eigenvalue weighted by molar-refractivity contribution is 6.00. The van der Waals surface area contributed by atoms with Gasteiger partial charge in [-0.1, -0.05) is 36.4 Å². The van der Waals surface area contributed by atoms with E-state index in [9.17, 15) is 9.59 Å². The van der Waals surface area contributed by atoms with Crippen LogP contribution in [0.4, 0.5) is 11.4 Å². The summed E-state index contributed by atoms with van der Waals surface area (Å²) in [5, 5.41) is 0. The van der Waals surface area contributed by atoms with Gasteiger partial charge in [-0.15, -0.1) is 0 Å². The van der Waals surface area contributed by atoms with Gasteiger partial charge in [0.1, 0.15) is 0 Å². The SMILES string of the molecule is CC(=O)N(c1ccccc1)C1CC(C)N(C(=O)C23CC4CC(CC(C4)C2)C3)c2ccccc21. The first kappa shape index (κ1) is 20.9. The topological polar surface area (TPSA) is 40.6 Å². The molecular formula is C29H34N2O2. The summed E-state index contributed by atoms with van der Waals surface area (Å²) < 4.78 is 0. The van der Waals surface area contributed by atoms with E-state index in [2.05, 4.69) is 24.0 Å². The molecule has 4 bridgehead atoms. The first-order chi connectivity index (χ1) is 15.9. The molecule has 4 heteroatoms. The minimum absolute atomic E-state index is 0.0362. The van der Waals surface area contributed by atoms with Crippen LogP contribution in [0.3, 0.4) is 0 Å². The zero-order valence-corrected chi connectivity index (χ0v) is 19.7. The molecule has 0 radical (unpaired) electrons. The Hall–Kier alpha value is -2.62. The number of anilines is 2. The highest BCUT2D eigenvalue weighted by atomic mass is 16.2. The number of rotatable bonds is 3. The van der Waals surface area contributed by atoms with Gasteiger partial charge in [0.15, 0.2) is 0 Å². The molecule has 2 aromatic rings. The lowest BCUT2D eigenvalue weighted by Gasteiger charge is -2.57. The average Bonchev–Trinajstić information content (AvgIpc) is 2.78. The molecule has 7 rings (SSSR count). The van der Waals surface area contributed by atoms with Gasteiger partial charge in [0.05, 0.1) is 11.5 Å². The molecule has 4 saturated carbocycles. The Bertz CT molecular complexity index is 1040. The van der Waals surface area contributed by atoms with Crippen molar-refractivity contribution in [1.29, 1.82) is 0 Å². The number of carbonyl (C=O) groups is 2. The van der Waals surface area contributed by atoms with Gasteiger partial charge in [0.25, 0.3) is 0 Å². The summed E-state index contributed by atoms with van der Waals surface area (Å²) >= 11 is 0. The second-order valence-electron chi connectivity index (χ2n) is 11.3. The van der Waals surface area contributed by atoms with E-state index in [4.69, 9.17) is 0 Å². The van der Waals surface area contributed by atoms with Crippen molar-refractivity contribution in [2.75, 3.05) is 9.80 Å². The van der Waals surface area contributed by atoms with Gasteiger partial charge < -0.3 is 9.80 Å². The smallest absolute Gasteiger partial charge is 0.233 e. The summed E-state index contributed by atoms with van der Waals surface area (Å²) in [7, 11) is 0. The molecule has 1 aliphatic heterocycles. The van der Waals surface area contributed by atoms with Crippen molar-refractivity contribution in [2.24, 2.45) is 23.2 Å². The standard InChI is InChI=1S/C29H34N2O2/c1-19-12-27(31(20(2)32)24-8-4-3-5-9-24)25-10-6-7-11-26(25)30(19)28(33)29-16-21-13-22(17-29)15-23(14-21)18-29/h3-11,19,21-23,27H,12-18H2,1-2H3. The second-order valence-corrected chi connectivity index (χ2v) is 11.3. The molecule has 2 atom stereocenters. The normalized spacial score (nSPS) is 34.1. The zero-order chi connectivity index (χ0) is 22.7. The van der Waals surface area contributed by atoms with Crippen LogP contribution in [0.2, 0.25) is 0 Å². The number of hydrogen-bond donors (Lipinski definition) is 0. The number of amides is 2. The van der Waals surface area contributed by atoms with Crippen LogP contribution in [0.25, 0.3) is 0 Å². The average molecular weight is 443 g/mol. The fraction of sp³-hybridized carbons (Fsp3) is 0.517. The van der Waals surface area contributed by atoms with E-state index >= 15 is 0 Å². The molecular weight excluding hydrogens is 408 g/mol. The Morgan fingerprint density at radius 3 is 2.03 bits per heavy atom. The van der Waals surface area contributed by atoms with Crippen molar-refractivity contribution < 1.29 is 9.59 Å². The van der Waals surface area contributed by atoms with E-state index < -0.39 is 0 Å². The Morgan fingerprint density at radius 1 is 0.848 bits per heavy atom. The number of hydrogen-bond acceptors (Lipinski definition) is 2. The zero-order valence-electron chi connectivity index (χ0n) is 19.7. The number of nitrogens with zero attached hydrogens (tertiary/aromatic N) is 2. The van der Waals surface area contributed by atoms with Crippen molar-refractivity contribution in [3.8, 4) is 0 Å². The fourth-order valence-electron chi connectivity index (χ4n) is 8.13. The van der Waals surface area contributed by atoms with E-state index in [1.807, 2.05) is 47.4 Å². The van der Waals surface area contributed by atoms with E-state index in [1.54, 1.807) is 6.92 Å². The van der Waals surface area contributed by atoms with Crippen LogP contribution in [-0.2, 0) is 9.59 Å². The largest absolute Gasteiger partial charge is 0.309 e. The highest BCUT2D eigenvalue weighted by Crippen LogP contribution is 2.61. The Balaban J connectivity index is 1.39. The number of carbonyl (C=O) groups excluding carboxylic acids is 2. The van der Waals surface area contributed by atoms with Gasteiger partial charge in [-0.3, -0.25) is 9.59 Å². The fourth-order valence-corrected chi connectivity index (χ4v) is 8.13. The van der Waals surface area contributed by atoms with Crippen molar-refractivity contribution >= 4 is 23.2 Å². The summed E-state index contributed by atoms with van der Waals surface area (Å²) in [6.45, 7) is 3.82. The molecule has 0 N–H and O–H groups in total. The molecule has 4 nitrogen and oxygen atoms in total. The van der Waals surface area contributed by atoms with Gasteiger partial charge in [0, 0.05) is 24.3 Å². The summed E-state index contributed by atoms with van der Waals surface area (Å²) in [5.74, 6) is 2.63. The molecule has 0 aromatic heterocycles. The number of fused-ring (bicyclic) bond motifs is 1. The lowest BCUT2D eigenvalue weighted by molar-refractivity contribution is -0.144. The van der Waals surface area contributed by atoms with Gasteiger partial charge in [-0.2, -0.15) is 0 Å². The van der Waals surface area contributed by atoms with Crippen LogP contribution in [0, 0.1) is 23.2 Å². The summed E-state index contributed by atoms with van der Waals surface area (Å²) in [4.78, 5) is 31.2. The van der Waals surface area contributed by atoms with Gasteiger partial charge in [0.2, 0.25) is 11.8 Å². The molecule has 0 saturated heterocycles. The minimum atomic E-state index is -0.164. The number of benzene rings is 2. The molecule has 33 heavy (non-hydrogen) atoms. The van der Waals surface area contributed by atoms with Gasteiger partial charge >= 0.3 is 0 Å². The molecule has 2 aromatic carbocycles. The van der Waals surface area contributed by atoms with E-state index in [1.165, 1.54) is 19.3 Å². The van der Waals surface area contributed by atoms with Crippen LogP contribution in [0.15, 0.2) is 54.6 Å². The minimum Gasteiger partial charge on any atom is -0.309 e. The summed E-state index contributed by atoms with van der Waals surface area (Å²) in [6, 6.07) is 18.2. The van der Waals surface area contributed by atoms with Gasteiger partial charge in [-0.25, -0.2) is 0 Å². The third-order valence-electron chi connectivity index (χ3n) is 8.96. The lowest BCUT2D eigenvalue weighted by atomic mass is 9.49. The van der Waals surface area contributed by atoms with E-state index in [0.717, 1.165) is 60.4 Å². The quantitative estimate of drug-likeness (QED) is 0.574. The van der Waals surface area contributed by atoms with Gasteiger partial charge in [-0.05, 0) is 93.4 Å². The van der Waals surface area contributed by atoms with Crippen molar-refractivity contribution in [3.63, 3.8) is 0 Å². The van der Waals surface area contributed by atoms with Crippen molar-refractivity contribution in [1.82, 2.24) is 0 Å². The highest BCUT2D eigenvalue weighted by Gasteiger charge is 2.56. The monoisotopic (exact) mass is 442 g/mol. The second kappa shape index (κ2) is 7.72. The third kappa shape index (κ3) is 3.33. The lowest BCUT2D eigenvalue weighted by Crippen LogP contribution is -2.58. The van der Waals surface area contributed by atoms with E-state index in [-0.39, 0.29) is 23.4 Å². The molecule has 4 fully saturated rings. The predicted octanol–water partition coefficient (Wildman–Crippen LogP) is 6.12. The Kier molecular flexibility index (Phi) is 4.90. The molecule has 2 amide bonds. The molecule has 0 spiro atoms. The molecule has 2 unspecified atom stereocenters. The molecule has 5 aliphatic rings. The Labute approximate surface area is 197 Å². The van der Waals surface area contributed by atoms with Crippen LogP contribution >= 0.6 is 0 Å². The summed E-state index contributed by atoms with van der Waals surface area (Å²) in [6.07, 6.45) is 8.01. The first-order valence-corrected chi connectivity index (χ1v) is 12.7. The predicted molar refractivity (Wildman–Crippen MR) is 131 cm³/mol. The maximum absolute atomic E-state index is 14.4. The van der Waals surface area contributed by atoms with Crippen molar-refractivity contribution in [3.05, 3.63) is 60.2 Å². The summed E-state index contributed by atoms with van der Waals surface area (Å²) in [5.41, 5.74) is 2.85. The maximum atomic E-state index is 14.4. The van der Waals surface area contributed by atoms with Crippen LogP contribution in [-0.4, -0.2) is 17.9 Å². The van der Waals surface area contributed by atoms with Crippen LogP contribution in [0.5, 0.6) is 0 Å². The number of para-hydroxylation sites is 2. The molecule has 1 heterocycles. The van der Waals surface area contributed by atoms with Crippen LogP contribution < -0.4 is 9.80 Å². The van der Waals surface area contributed by atoms with Crippen molar-refractivity contribution in [2.45, 2.75) is 70.9 Å². The maximum Gasteiger partial charge on any atom is 0.233 e. The third-order valence-corrected chi connectivity index (χ3v) is 8.96. The Morgan fingerprint density at radius 2 is 1.42 bits per heavy atom. The first-order valence-electron chi connectivity index (χ1n) is 12.7. The molecule has 172 valence electrons. The van der Waals surface area contributed by atoms with E-state index in [0.29, 0.717) is 5.91 Å².